The van der Waals surface area contributed by atoms with Crippen LogP contribution in [0.2, 0.25) is 0 Å². The Bertz CT molecular complexity index is 949. The first-order valence-electron chi connectivity index (χ1n) is 7.49. The van der Waals surface area contributed by atoms with Crippen molar-refractivity contribution in [3.05, 3.63) is 47.3 Å². The first kappa shape index (κ1) is 14.7. The topological polar surface area (TPSA) is 77.2 Å². The van der Waals surface area contributed by atoms with Crippen molar-refractivity contribution >= 4 is 28.6 Å². The number of amides is 1. The summed E-state index contributed by atoms with van der Waals surface area (Å²) < 4.78 is 5.39. The van der Waals surface area contributed by atoms with Gasteiger partial charge < -0.3 is 15.8 Å². The molecule has 3 aromatic rings. The standard InChI is InChI=1S/C18H15N3O2S/c1-10-2-4-12(19)7-13(10)18-21-15(9-24-18)11-3-5-16-14(6-11)20-17(22)8-23-16/h2-7,9H,8,19H2,1H3,(H,20,22). The van der Waals surface area contributed by atoms with Crippen LogP contribution in [0, 0.1) is 6.92 Å². The van der Waals surface area contributed by atoms with E-state index in [0.29, 0.717) is 11.4 Å². The van der Waals surface area contributed by atoms with E-state index in [1.807, 2.05) is 48.7 Å². The zero-order chi connectivity index (χ0) is 16.7. The number of carbonyl (C=O) groups is 1. The number of hydrogen-bond donors (Lipinski definition) is 2. The Morgan fingerprint density at radius 2 is 2.12 bits per heavy atom. The third kappa shape index (κ3) is 2.61. The van der Waals surface area contributed by atoms with Crippen LogP contribution in [0.15, 0.2) is 41.8 Å². The van der Waals surface area contributed by atoms with Crippen LogP contribution in [0.5, 0.6) is 5.75 Å². The second kappa shape index (κ2) is 5.65. The highest BCUT2D eigenvalue weighted by atomic mass is 32.1. The number of aromatic nitrogens is 1. The Hall–Kier alpha value is -2.86. The van der Waals surface area contributed by atoms with Gasteiger partial charge in [-0.25, -0.2) is 4.98 Å². The Labute approximate surface area is 143 Å². The summed E-state index contributed by atoms with van der Waals surface area (Å²) in [5, 5.41) is 5.75. The summed E-state index contributed by atoms with van der Waals surface area (Å²) in [5.74, 6) is 0.537. The summed E-state index contributed by atoms with van der Waals surface area (Å²) in [6, 6.07) is 11.5. The van der Waals surface area contributed by atoms with Gasteiger partial charge in [0.15, 0.2) is 6.61 Å². The summed E-state index contributed by atoms with van der Waals surface area (Å²) in [7, 11) is 0. The van der Waals surface area contributed by atoms with Gasteiger partial charge in [-0.05, 0) is 42.8 Å². The largest absolute Gasteiger partial charge is 0.482 e. The maximum Gasteiger partial charge on any atom is 0.262 e. The van der Waals surface area contributed by atoms with Crippen LogP contribution in [0.25, 0.3) is 21.8 Å². The number of carbonyl (C=O) groups excluding carboxylic acids is 1. The molecule has 3 N–H and O–H groups in total. The van der Waals surface area contributed by atoms with Crippen molar-refractivity contribution in [3.8, 4) is 27.6 Å². The molecule has 0 fully saturated rings. The lowest BCUT2D eigenvalue weighted by atomic mass is 10.1. The number of fused-ring (bicyclic) bond motifs is 1. The molecule has 4 rings (SSSR count). The second-order valence-corrected chi connectivity index (χ2v) is 6.52. The Balaban J connectivity index is 1.72. The van der Waals surface area contributed by atoms with Crippen LogP contribution in [-0.2, 0) is 4.79 Å². The van der Waals surface area contributed by atoms with E-state index in [1.165, 1.54) is 0 Å². The van der Waals surface area contributed by atoms with Crippen LogP contribution >= 0.6 is 11.3 Å². The number of nitrogen functional groups attached to an aromatic ring is 1. The minimum atomic E-state index is -0.144. The molecule has 1 amide bonds. The number of nitrogens with one attached hydrogen (secondary N) is 1. The lowest BCUT2D eigenvalue weighted by Gasteiger charge is -2.18. The van der Waals surface area contributed by atoms with Crippen LogP contribution in [0.1, 0.15) is 5.56 Å². The molecule has 0 aliphatic carbocycles. The Kier molecular flexibility index (Phi) is 3.46. The van der Waals surface area contributed by atoms with Gasteiger partial charge in [0.25, 0.3) is 5.91 Å². The fourth-order valence-electron chi connectivity index (χ4n) is 2.64. The van der Waals surface area contributed by atoms with Crippen molar-refractivity contribution in [3.63, 3.8) is 0 Å². The van der Waals surface area contributed by atoms with Crippen LogP contribution in [0.4, 0.5) is 11.4 Å². The maximum absolute atomic E-state index is 11.5. The van der Waals surface area contributed by atoms with Crippen molar-refractivity contribution in [2.45, 2.75) is 6.92 Å². The predicted octanol–water partition coefficient (Wildman–Crippen LogP) is 3.70. The van der Waals surface area contributed by atoms with Gasteiger partial charge in [0.1, 0.15) is 10.8 Å². The van der Waals surface area contributed by atoms with E-state index in [2.05, 4.69) is 5.32 Å². The molecule has 0 radical (unpaired) electrons. The van der Waals surface area contributed by atoms with E-state index in [-0.39, 0.29) is 12.5 Å². The van der Waals surface area contributed by atoms with Gasteiger partial charge in [-0.1, -0.05) is 6.07 Å². The molecule has 2 heterocycles. The zero-order valence-electron chi connectivity index (χ0n) is 13.0. The molecule has 2 aromatic carbocycles. The normalized spacial score (nSPS) is 13.1. The van der Waals surface area contributed by atoms with Crippen molar-refractivity contribution < 1.29 is 9.53 Å². The zero-order valence-corrected chi connectivity index (χ0v) is 13.8. The highest BCUT2D eigenvalue weighted by molar-refractivity contribution is 7.13. The number of ether oxygens (including phenoxy) is 1. The average molecular weight is 337 g/mol. The first-order chi connectivity index (χ1) is 11.6. The van der Waals surface area contributed by atoms with Gasteiger partial charge >= 0.3 is 0 Å². The molecule has 1 aliphatic rings. The van der Waals surface area contributed by atoms with Gasteiger partial charge in [0, 0.05) is 22.2 Å². The highest BCUT2D eigenvalue weighted by Gasteiger charge is 2.17. The molecule has 6 heteroatoms. The molecular weight excluding hydrogens is 322 g/mol. The first-order valence-corrected chi connectivity index (χ1v) is 8.37. The molecule has 1 aliphatic heterocycles. The number of anilines is 2. The molecule has 24 heavy (non-hydrogen) atoms. The van der Waals surface area contributed by atoms with Crippen molar-refractivity contribution in [1.82, 2.24) is 4.98 Å². The van der Waals surface area contributed by atoms with Crippen molar-refractivity contribution in [2.24, 2.45) is 0 Å². The SMILES string of the molecule is Cc1ccc(N)cc1-c1nc(-c2ccc3c(c2)NC(=O)CO3)cs1. The smallest absolute Gasteiger partial charge is 0.262 e. The average Bonchev–Trinajstić information content (AvgIpc) is 3.06. The van der Waals surface area contributed by atoms with Crippen LogP contribution in [-0.4, -0.2) is 17.5 Å². The maximum atomic E-state index is 11.5. The van der Waals surface area contributed by atoms with Gasteiger partial charge in [-0.2, -0.15) is 0 Å². The summed E-state index contributed by atoms with van der Waals surface area (Å²) >= 11 is 1.57. The number of hydrogen-bond acceptors (Lipinski definition) is 5. The summed E-state index contributed by atoms with van der Waals surface area (Å²) in [5.41, 5.74) is 11.3. The van der Waals surface area contributed by atoms with E-state index in [4.69, 9.17) is 15.5 Å². The van der Waals surface area contributed by atoms with E-state index in [0.717, 1.165) is 33.1 Å². The van der Waals surface area contributed by atoms with Gasteiger partial charge in [-0.15, -0.1) is 11.3 Å². The van der Waals surface area contributed by atoms with Crippen molar-refractivity contribution in [1.29, 1.82) is 0 Å². The number of aryl methyl sites for hydroxylation is 1. The third-order valence-electron chi connectivity index (χ3n) is 3.90. The second-order valence-electron chi connectivity index (χ2n) is 5.66. The molecule has 0 saturated heterocycles. The molecule has 0 saturated carbocycles. The quantitative estimate of drug-likeness (QED) is 0.699. The monoisotopic (exact) mass is 337 g/mol. The summed E-state index contributed by atoms with van der Waals surface area (Å²) in [4.78, 5) is 16.2. The molecule has 0 unspecified atom stereocenters. The van der Waals surface area contributed by atoms with E-state index in [9.17, 15) is 4.79 Å². The minimum Gasteiger partial charge on any atom is -0.482 e. The van der Waals surface area contributed by atoms with Gasteiger partial charge in [-0.3, -0.25) is 4.79 Å². The van der Waals surface area contributed by atoms with E-state index >= 15 is 0 Å². The molecule has 0 atom stereocenters. The number of rotatable bonds is 2. The number of benzene rings is 2. The lowest BCUT2D eigenvalue weighted by molar-refractivity contribution is -0.118. The molecule has 120 valence electrons. The highest BCUT2D eigenvalue weighted by Crippen LogP contribution is 2.35. The van der Waals surface area contributed by atoms with Gasteiger partial charge in [0.2, 0.25) is 0 Å². The van der Waals surface area contributed by atoms with Crippen LogP contribution < -0.4 is 15.8 Å². The predicted molar refractivity (Wildman–Crippen MR) is 96.3 cm³/mol. The summed E-state index contributed by atoms with van der Waals surface area (Å²) in [6.45, 7) is 2.10. The number of thiazole rings is 1. The third-order valence-corrected chi connectivity index (χ3v) is 4.78. The fraction of sp³-hybridized carbons (Fsp3) is 0.111. The summed E-state index contributed by atoms with van der Waals surface area (Å²) in [6.07, 6.45) is 0. The lowest BCUT2D eigenvalue weighted by Crippen LogP contribution is -2.25. The molecule has 1 aromatic heterocycles. The molecular formula is C18H15N3O2S. The Morgan fingerprint density at radius 1 is 1.25 bits per heavy atom. The number of nitrogens with zero attached hydrogens (tertiary/aromatic N) is 1. The molecule has 0 bridgehead atoms. The number of nitrogens with two attached hydrogens (primary N) is 1. The minimum absolute atomic E-state index is 0.0574. The van der Waals surface area contributed by atoms with E-state index in [1.54, 1.807) is 11.3 Å². The van der Waals surface area contributed by atoms with E-state index < -0.39 is 0 Å². The van der Waals surface area contributed by atoms with Gasteiger partial charge in [0.05, 0.1) is 11.4 Å². The molecule has 5 nitrogen and oxygen atoms in total. The fourth-order valence-corrected chi connectivity index (χ4v) is 3.55. The molecule has 0 spiro atoms. The van der Waals surface area contributed by atoms with Crippen LogP contribution in [0.3, 0.4) is 0 Å². The van der Waals surface area contributed by atoms with Crippen molar-refractivity contribution in [2.75, 3.05) is 17.7 Å². The Morgan fingerprint density at radius 3 is 3.00 bits per heavy atom.